The van der Waals surface area contributed by atoms with Gasteiger partial charge in [0.15, 0.2) is 0 Å². The summed E-state index contributed by atoms with van der Waals surface area (Å²) in [5.74, 6) is 1.70. The van der Waals surface area contributed by atoms with Crippen LogP contribution in [0.1, 0.15) is 25.7 Å². The number of nitrogens with two attached hydrogens (primary N) is 1. The summed E-state index contributed by atoms with van der Waals surface area (Å²) in [6.45, 7) is 0.435. The Morgan fingerprint density at radius 1 is 1.13 bits per heavy atom. The van der Waals surface area contributed by atoms with Crippen LogP contribution < -0.4 is 9.88 Å². The molecule has 6 nitrogen and oxygen atoms in total. The van der Waals surface area contributed by atoms with Gasteiger partial charge in [-0.25, -0.2) is 13.6 Å². The lowest BCUT2D eigenvalue weighted by atomic mass is 9.89. The van der Waals surface area contributed by atoms with Gasteiger partial charge in [0.2, 0.25) is 10.0 Å². The van der Waals surface area contributed by atoms with Crippen molar-refractivity contribution in [3.05, 3.63) is 24.3 Å². The number of fused-ring (bicyclic) bond motifs is 2. The summed E-state index contributed by atoms with van der Waals surface area (Å²) in [5.41, 5.74) is 0. The number of primary sulfonamides is 1. The smallest absolute Gasteiger partial charge is 0.309 e. The molecule has 0 aliphatic heterocycles. The van der Waals surface area contributed by atoms with E-state index in [1.165, 1.54) is 37.1 Å². The van der Waals surface area contributed by atoms with E-state index in [0.717, 1.165) is 12.8 Å². The van der Waals surface area contributed by atoms with Gasteiger partial charge in [0, 0.05) is 0 Å². The van der Waals surface area contributed by atoms with Crippen molar-refractivity contribution >= 4 is 16.0 Å². The Morgan fingerprint density at radius 3 is 2.43 bits per heavy atom. The molecule has 7 heteroatoms. The van der Waals surface area contributed by atoms with Gasteiger partial charge in [0.1, 0.15) is 19.0 Å². The lowest BCUT2D eigenvalue weighted by molar-refractivity contribution is -0.151. The monoisotopic (exact) mass is 339 g/mol. The third-order valence-corrected chi connectivity index (χ3v) is 5.72. The third-order valence-electron chi connectivity index (χ3n) is 4.79. The van der Waals surface area contributed by atoms with E-state index in [-0.39, 0.29) is 30.0 Å². The van der Waals surface area contributed by atoms with Crippen molar-refractivity contribution in [3.63, 3.8) is 0 Å². The summed E-state index contributed by atoms with van der Waals surface area (Å²) >= 11 is 0. The largest absolute Gasteiger partial charge is 0.490 e. The number of carbonyl (C=O) groups excluding carboxylic acids is 1. The van der Waals surface area contributed by atoms with Crippen LogP contribution in [-0.4, -0.2) is 27.6 Å². The van der Waals surface area contributed by atoms with Crippen molar-refractivity contribution in [1.29, 1.82) is 0 Å². The van der Waals surface area contributed by atoms with Gasteiger partial charge in [0.05, 0.1) is 10.8 Å². The predicted octanol–water partition coefficient (Wildman–Crippen LogP) is 1.69. The van der Waals surface area contributed by atoms with Crippen LogP contribution >= 0.6 is 0 Å². The van der Waals surface area contributed by atoms with Gasteiger partial charge in [-0.1, -0.05) is 6.42 Å². The van der Waals surface area contributed by atoms with Crippen LogP contribution in [0.15, 0.2) is 29.2 Å². The molecule has 1 aromatic rings. The van der Waals surface area contributed by atoms with Gasteiger partial charge >= 0.3 is 5.97 Å². The first-order chi connectivity index (χ1) is 10.9. The lowest BCUT2D eigenvalue weighted by Gasteiger charge is -2.19. The first-order valence-corrected chi connectivity index (χ1v) is 9.40. The van der Waals surface area contributed by atoms with E-state index in [0.29, 0.717) is 17.6 Å². The van der Waals surface area contributed by atoms with E-state index in [1.54, 1.807) is 0 Å². The number of rotatable bonds is 6. The SMILES string of the molecule is NS(=O)(=O)c1ccc(OCCOC(=O)C2CC3CCC2C3)cc1. The van der Waals surface area contributed by atoms with Crippen LogP contribution in [0.25, 0.3) is 0 Å². The Kier molecular flexibility index (Phi) is 4.59. The van der Waals surface area contributed by atoms with Gasteiger partial charge < -0.3 is 9.47 Å². The molecule has 0 radical (unpaired) electrons. The van der Waals surface area contributed by atoms with Gasteiger partial charge in [-0.05, 0) is 55.4 Å². The zero-order valence-electron chi connectivity index (χ0n) is 12.8. The Labute approximate surface area is 136 Å². The molecule has 2 saturated carbocycles. The molecule has 2 bridgehead atoms. The number of hydrogen-bond acceptors (Lipinski definition) is 5. The van der Waals surface area contributed by atoms with Crippen LogP contribution in [0, 0.1) is 17.8 Å². The molecule has 2 fully saturated rings. The van der Waals surface area contributed by atoms with E-state index in [2.05, 4.69) is 0 Å². The zero-order chi connectivity index (χ0) is 16.4. The maximum atomic E-state index is 12.0. The van der Waals surface area contributed by atoms with Crippen molar-refractivity contribution in [2.24, 2.45) is 22.9 Å². The minimum Gasteiger partial charge on any atom is -0.490 e. The molecule has 0 saturated heterocycles. The molecule has 2 aliphatic rings. The van der Waals surface area contributed by atoms with Gasteiger partial charge in [-0.2, -0.15) is 0 Å². The fourth-order valence-corrected chi connectivity index (χ4v) is 4.18. The maximum Gasteiger partial charge on any atom is 0.309 e. The highest BCUT2D eigenvalue weighted by Crippen LogP contribution is 2.48. The lowest BCUT2D eigenvalue weighted by Crippen LogP contribution is -2.24. The number of esters is 1. The maximum absolute atomic E-state index is 12.0. The molecule has 126 valence electrons. The molecular formula is C16H21NO5S. The van der Waals surface area contributed by atoms with E-state index < -0.39 is 10.0 Å². The molecule has 1 aromatic carbocycles. The van der Waals surface area contributed by atoms with Crippen molar-refractivity contribution in [2.75, 3.05) is 13.2 Å². The minimum atomic E-state index is -3.69. The highest BCUT2D eigenvalue weighted by atomic mass is 32.2. The number of hydrogen-bond donors (Lipinski definition) is 1. The highest BCUT2D eigenvalue weighted by Gasteiger charge is 2.43. The molecule has 23 heavy (non-hydrogen) atoms. The molecule has 0 heterocycles. The van der Waals surface area contributed by atoms with E-state index >= 15 is 0 Å². The van der Waals surface area contributed by atoms with Gasteiger partial charge in [-0.3, -0.25) is 4.79 Å². The number of ether oxygens (including phenoxy) is 2. The number of sulfonamides is 1. The predicted molar refractivity (Wildman–Crippen MR) is 83.2 cm³/mol. The second-order valence-electron chi connectivity index (χ2n) is 6.31. The second kappa shape index (κ2) is 6.49. The van der Waals surface area contributed by atoms with Gasteiger partial charge in [0.25, 0.3) is 0 Å². The summed E-state index contributed by atoms with van der Waals surface area (Å²) in [4.78, 5) is 12.1. The Balaban J connectivity index is 1.40. The summed E-state index contributed by atoms with van der Waals surface area (Å²) < 4.78 is 33.0. The first kappa shape index (κ1) is 16.3. The molecule has 2 aliphatic carbocycles. The summed E-state index contributed by atoms with van der Waals surface area (Å²) in [6, 6.07) is 5.81. The highest BCUT2D eigenvalue weighted by molar-refractivity contribution is 7.89. The van der Waals surface area contributed by atoms with Crippen LogP contribution in [0.3, 0.4) is 0 Å². The molecule has 0 spiro atoms. The van der Waals surface area contributed by atoms with Gasteiger partial charge in [-0.15, -0.1) is 0 Å². The molecule has 3 unspecified atom stereocenters. The van der Waals surface area contributed by atoms with Crippen molar-refractivity contribution in [3.8, 4) is 5.75 Å². The minimum absolute atomic E-state index is 0.0348. The quantitative estimate of drug-likeness (QED) is 0.628. The van der Waals surface area contributed by atoms with E-state index in [4.69, 9.17) is 14.6 Å². The average Bonchev–Trinajstić information content (AvgIpc) is 3.14. The van der Waals surface area contributed by atoms with Crippen LogP contribution in [0.4, 0.5) is 0 Å². The summed E-state index contributed by atoms with van der Waals surface area (Å²) in [6.07, 6.45) is 4.55. The Hall–Kier alpha value is -1.60. The van der Waals surface area contributed by atoms with E-state index in [1.807, 2.05) is 0 Å². The first-order valence-electron chi connectivity index (χ1n) is 7.86. The molecule has 3 atom stereocenters. The molecular weight excluding hydrogens is 318 g/mol. The van der Waals surface area contributed by atoms with Crippen molar-refractivity contribution in [2.45, 2.75) is 30.6 Å². The topological polar surface area (TPSA) is 95.7 Å². The Morgan fingerprint density at radius 2 is 1.87 bits per heavy atom. The number of carbonyl (C=O) groups is 1. The normalized spacial score (nSPS) is 26.2. The molecule has 2 N–H and O–H groups in total. The third kappa shape index (κ3) is 3.84. The fourth-order valence-electron chi connectivity index (χ4n) is 3.67. The van der Waals surface area contributed by atoms with Crippen molar-refractivity contribution in [1.82, 2.24) is 0 Å². The van der Waals surface area contributed by atoms with Crippen molar-refractivity contribution < 1.29 is 22.7 Å². The van der Waals surface area contributed by atoms with Crippen LogP contribution in [-0.2, 0) is 19.6 Å². The summed E-state index contributed by atoms with van der Waals surface area (Å²) in [7, 11) is -3.69. The zero-order valence-corrected chi connectivity index (χ0v) is 13.6. The Bertz CT molecular complexity index is 670. The van der Waals surface area contributed by atoms with Crippen LogP contribution in [0.5, 0.6) is 5.75 Å². The number of benzene rings is 1. The summed E-state index contributed by atoms with van der Waals surface area (Å²) in [5, 5.41) is 5.02. The molecule has 0 aromatic heterocycles. The molecule has 3 rings (SSSR count). The van der Waals surface area contributed by atoms with Crippen LogP contribution in [0.2, 0.25) is 0 Å². The standard InChI is InChI=1S/C16H21NO5S/c17-23(19,20)14-5-3-13(4-6-14)21-7-8-22-16(18)15-10-11-1-2-12(15)9-11/h3-6,11-12,15H,1-2,7-10H2,(H2,17,19,20). The van der Waals surface area contributed by atoms with E-state index in [9.17, 15) is 13.2 Å². The molecule has 0 amide bonds. The second-order valence-corrected chi connectivity index (χ2v) is 7.88. The average molecular weight is 339 g/mol. The fraction of sp³-hybridized carbons (Fsp3) is 0.562.